The Balaban J connectivity index is 1.35. The number of carbonyl (C=O) groups is 2. The van der Waals surface area contributed by atoms with Crippen molar-refractivity contribution in [3.05, 3.63) is 69.4 Å². The Morgan fingerprint density at radius 3 is 2.65 bits per heavy atom. The van der Waals surface area contributed by atoms with E-state index in [9.17, 15) is 14.0 Å². The molecule has 4 rings (SSSR count). The maximum Gasteiger partial charge on any atom is 0.307 e. The number of halogens is 2. The number of carbonyl (C=O) groups excluding carboxylic acids is 2. The zero-order valence-electron chi connectivity index (χ0n) is 20.1. The average Bonchev–Trinajstić information content (AvgIpc) is 3.41. The molecule has 0 unspecified atom stereocenters. The lowest BCUT2D eigenvalue weighted by atomic mass is 9.98. The van der Waals surface area contributed by atoms with E-state index in [0.717, 1.165) is 36.5 Å². The molecule has 1 amide bonds. The first-order valence-electron chi connectivity index (χ1n) is 11.8. The van der Waals surface area contributed by atoms with Crippen molar-refractivity contribution in [2.45, 2.75) is 25.2 Å². The topological polar surface area (TPSA) is 83.6 Å². The second-order valence-corrected chi connectivity index (χ2v) is 10.3. The molecular formula is C26H26ClFN4O3S2. The van der Waals surface area contributed by atoms with Crippen molar-refractivity contribution < 1.29 is 18.7 Å². The summed E-state index contributed by atoms with van der Waals surface area (Å²) in [5, 5.41) is 9.83. The molecule has 2 aromatic carbocycles. The molecule has 11 heteroatoms. The number of rotatable bonds is 7. The smallest absolute Gasteiger partial charge is 0.307 e. The van der Waals surface area contributed by atoms with Gasteiger partial charge in [-0.25, -0.2) is 9.37 Å². The van der Waals surface area contributed by atoms with E-state index in [-0.39, 0.29) is 24.2 Å². The van der Waals surface area contributed by atoms with Gasteiger partial charge in [0.25, 0.3) is 5.91 Å². The van der Waals surface area contributed by atoms with Gasteiger partial charge in [-0.1, -0.05) is 23.7 Å². The fraction of sp³-hybridized carbons (Fsp3) is 0.308. The van der Waals surface area contributed by atoms with Crippen molar-refractivity contribution in [3.8, 4) is 11.1 Å². The Hall–Kier alpha value is -3.08. The lowest BCUT2D eigenvalue weighted by Crippen LogP contribution is -2.44. The summed E-state index contributed by atoms with van der Waals surface area (Å²) in [6.45, 7) is 1.95. The van der Waals surface area contributed by atoms with Gasteiger partial charge in [0.1, 0.15) is 11.5 Å². The fourth-order valence-electron chi connectivity index (χ4n) is 4.07. The van der Waals surface area contributed by atoms with Gasteiger partial charge in [0.05, 0.1) is 18.5 Å². The minimum Gasteiger partial charge on any atom is -0.469 e. The van der Waals surface area contributed by atoms with Crippen molar-refractivity contribution in [1.82, 2.24) is 15.2 Å². The number of aromatic nitrogens is 1. The Morgan fingerprint density at radius 2 is 1.95 bits per heavy atom. The highest BCUT2D eigenvalue weighted by Gasteiger charge is 2.25. The van der Waals surface area contributed by atoms with Crippen LogP contribution in [0.1, 0.15) is 40.7 Å². The van der Waals surface area contributed by atoms with Crippen LogP contribution in [0.3, 0.4) is 0 Å². The highest BCUT2D eigenvalue weighted by molar-refractivity contribution is 7.80. The second-order valence-electron chi connectivity index (χ2n) is 8.54. The van der Waals surface area contributed by atoms with E-state index in [0.29, 0.717) is 33.6 Å². The van der Waals surface area contributed by atoms with Crippen LogP contribution in [0, 0.1) is 5.82 Å². The van der Waals surface area contributed by atoms with Crippen molar-refractivity contribution in [1.29, 1.82) is 0 Å². The number of ether oxygens (including phenoxy) is 1. The summed E-state index contributed by atoms with van der Waals surface area (Å²) < 4.78 is 18.6. The molecule has 0 aliphatic carbocycles. The number of benzene rings is 2. The number of nitrogens with one attached hydrogen (secondary N) is 2. The fourth-order valence-corrected chi connectivity index (χ4v) is 5.46. The summed E-state index contributed by atoms with van der Waals surface area (Å²) in [5.41, 5.74) is 2.12. The number of likely N-dealkylation sites (tertiary alicyclic amines) is 1. The van der Waals surface area contributed by atoms with Gasteiger partial charge in [0.15, 0.2) is 5.11 Å². The molecule has 7 nitrogen and oxygen atoms in total. The Bertz CT molecular complexity index is 1280. The lowest BCUT2D eigenvalue weighted by molar-refractivity contribution is -0.140. The number of anilines is 1. The molecule has 1 fully saturated rings. The van der Waals surface area contributed by atoms with Crippen molar-refractivity contribution in [3.63, 3.8) is 0 Å². The molecule has 1 saturated heterocycles. The van der Waals surface area contributed by atoms with Gasteiger partial charge in [-0.3, -0.25) is 9.59 Å². The van der Waals surface area contributed by atoms with E-state index in [1.54, 1.807) is 35.7 Å². The number of nitrogens with zero attached hydrogens (tertiary/aromatic N) is 2. The van der Waals surface area contributed by atoms with E-state index in [4.69, 9.17) is 23.8 Å². The van der Waals surface area contributed by atoms with Gasteiger partial charge in [-0.15, -0.1) is 11.3 Å². The Kier molecular flexibility index (Phi) is 9.07. The van der Waals surface area contributed by atoms with E-state index >= 15 is 0 Å². The van der Waals surface area contributed by atoms with Crippen LogP contribution in [0.2, 0.25) is 5.02 Å². The molecule has 3 aromatic rings. The molecular weight excluding hydrogens is 535 g/mol. The standard InChI is InChI=1S/C26H26ClFN4O3S2/c1-35-23(33)8-11-29-26(36)32-12-9-17(10-13-32)25-31-22(15-37-25)24(34)30-21-7-6-19(28)14-20(21)16-2-4-18(27)5-3-16/h2-7,14-15,17H,8-13H2,1H3,(H,29,36)(H,30,34). The lowest BCUT2D eigenvalue weighted by Gasteiger charge is -2.33. The van der Waals surface area contributed by atoms with Crippen LogP contribution in [0.4, 0.5) is 10.1 Å². The van der Waals surface area contributed by atoms with Gasteiger partial charge in [0, 0.05) is 47.2 Å². The zero-order chi connectivity index (χ0) is 26.4. The maximum absolute atomic E-state index is 14.0. The van der Waals surface area contributed by atoms with Gasteiger partial charge < -0.3 is 20.3 Å². The number of hydrogen-bond acceptors (Lipinski definition) is 6. The molecule has 2 heterocycles. The van der Waals surface area contributed by atoms with Crippen molar-refractivity contribution in [2.75, 3.05) is 32.1 Å². The largest absolute Gasteiger partial charge is 0.469 e. The maximum atomic E-state index is 14.0. The molecule has 194 valence electrons. The Labute approximate surface area is 229 Å². The van der Waals surface area contributed by atoms with Crippen LogP contribution in [0.25, 0.3) is 11.1 Å². The first kappa shape index (κ1) is 27.0. The summed E-state index contributed by atoms with van der Waals surface area (Å²) in [6, 6.07) is 11.2. The van der Waals surface area contributed by atoms with Crippen LogP contribution in [0.5, 0.6) is 0 Å². The molecule has 0 bridgehead atoms. The van der Waals surface area contributed by atoms with Crippen molar-refractivity contribution >= 4 is 57.8 Å². The third-order valence-corrected chi connectivity index (χ3v) is 7.77. The number of amides is 1. The first-order chi connectivity index (χ1) is 17.8. The first-order valence-corrected chi connectivity index (χ1v) is 13.4. The number of thiocarbonyl (C=S) groups is 1. The van der Waals surface area contributed by atoms with E-state index in [1.807, 2.05) is 0 Å². The molecule has 0 radical (unpaired) electrons. The number of hydrogen-bond donors (Lipinski definition) is 2. The average molecular weight is 561 g/mol. The van der Waals surface area contributed by atoms with Crippen LogP contribution in [-0.4, -0.2) is 53.6 Å². The monoisotopic (exact) mass is 560 g/mol. The van der Waals surface area contributed by atoms with Crippen LogP contribution < -0.4 is 10.6 Å². The van der Waals surface area contributed by atoms with E-state index < -0.39 is 5.82 Å². The quantitative estimate of drug-likeness (QED) is 0.293. The highest BCUT2D eigenvalue weighted by atomic mass is 35.5. The molecule has 2 N–H and O–H groups in total. The van der Waals surface area contributed by atoms with Gasteiger partial charge in [-0.05, 0) is 61.0 Å². The number of thiazole rings is 1. The number of methoxy groups -OCH3 is 1. The minimum atomic E-state index is -0.400. The normalized spacial score (nSPS) is 13.8. The van der Waals surface area contributed by atoms with E-state index in [1.165, 1.54) is 30.6 Å². The number of piperidine rings is 1. The van der Waals surface area contributed by atoms with Gasteiger partial charge >= 0.3 is 5.97 Å². The van der Waals surface area contributed by atoms with Crippen LogP contribution in [-0.2, 0) is 9.53 Å². The molecule has 0 atom stereocenters. The summed E-state index contributed by atoms with van der Waals surface area (Å²) in [7, 11) is 1.36. The number of esters is 1. The van der Waals surface area contributed by atoms with Crippen LogP contribution in [0.15, 0.2) is 47.8 Å². The molecule has 0 spiro atoms. The van der Waals surface area contributed by atoms with Gasteiger partial charge in [-0.2, -0.15) is 0 Å². The third kappa shape index (κ3) is 7.03. The highest BCUT2D eigenvalue weighted by Crippen LogP contribution is 2.32. The van der Waals surface area contributed by atoms with E-state index in [2.05, 4.69) is 25.3 Å². The predicted molar refractivity (Wildman–Crippen MR) is 148 cm³/mol. The molecule has 37 heavy (non-hydrogen) atoms. The third-order valence-electron chi connectivity index (χ3n) is 6.10. The van der Waals surface area contributed by atoms with Crippen LogP contribution >= 0.6 is 35.2 Å². The summed E-state index contributed by atoms with van der Waals surface area (Å²) in [4.78, 5) is 30.9. The minimum absolute atomic E-state index is 0.233. The molecule has 1 aliphatic heterocycles. The summed E-state index contributed by atoms with van der Waals surface area (Å²) in [5.74, 6) is -0.796. The molecule has 1 aliphatic rings. The summed E-state index contributed by atoms with van der Waals surface area (Å²) >= 11 is 12.9. The predicted octanol–water partition coefficient (Wildman–Crippen LogP) is 5.47. The zero-order valence-corrected chi connectivity index (χ0v) is 22.5. The Morgan fingerprint density at radius 1 is 1.22 bits per heavy atom. The van der Waals surface area contributed by atoms with Crippen molar-refractivity contribution in [2.24, 2.45) is 0 Å². The SMILES string of the molecule is COC(=O)CCNC(=S)N1CCC(c2nc(C(=O)Nc3ccc(F)cc3-c3ccc(Cl)cc3)cs2)CC1. The van der Waals surface area contributed by atoms with Gasteiger partial charge in [0.2, 0.25) is 0 Å². The molecule has 0 saturated carbocycles. The molecule has 1 aromatic heterocycles. The summed E-state index contributed by atoms with van der Waals surface area (Å²) in [6.07, 6.45) is 1.97. The second kappa shape index (κ2) is 12.4.